The second-order valence-corrected chi connectivity index (χ2v) is 8.29. The third-order valence-corrected chi connectivity index (χ3v) is 6.20. The number of nitrogens with one attached hydrogen (secondary N) is 4. The van der Waals surface area contributed by atoms with Crippen LogP contribution >= 0.6 is 0 Å². The SMILES string of the molecule is Cc1cc(Nc2nc(N[C@@H]3C[C@H]4CCC[C@@H](C3)N4CCC#N)nc3[nH]ncc23)n[nH]1. The molecule has 0 unspecified atom stereocenters. The fraction of sp³-hybridized carbons (Fsp3) is 0.550. The minimum Gasteiger partial charge on any atom is -0.351 e. The van der Waals surface area contributed by atoms with Gasteiger partial charge in [-0.25, -0.2) is 0 Å². The van der Waals surface area contributed by atoms with Crippen molar-refractivity contribution in [2.75, 3.05) is 17.2 Å². The second kappa shape index (κ2) is 7.91. The quantitative estimate of drug-likeness (QED) is 0.491. The number of aryl methyl sites for hydroxylation is 1. The van der Waals surface area contributed by atoms with Gasteiger partial charge in [-0.1, -0.05) is 6.42 Å². The van der Waals surface area contributed by atoms with Gasteiger partial charge in [-0.15, -0.1) is 0 Å². The Morgan fingerprint density at radius 3 is 2.80 bits per heavy atom. The van der Waals surface area contributed by atoms with E-state index in [2.05, 4.69) is 47.0 Å². The van der Waals surface area contributed by atoms with E-state index in [4.69, 9.17) is 10.2 Å². The van der Waals surface area contributed by atoms with Crippen LogP contribution in [-0.4, -0.2) is 59.9 Å². The maximum atomic E-state index is 8.98. The number of nitriles is 1. The summed E-state index contributed by atoms with van der Waals surface area (Å²) in [5.41, 5.74) is 1.66. The van der Waals surface area contributed by atoms with Gasteiger partial charge in [0.25, 0.3) is 0 Å². The number of hydrogen-bond acceptors (Lipinski definition) is 8. The van der Waals surface area contributed by atoms with Gasteiger partial charge in [-0.3, -0.25) is 15.1 Å². The first-order valence-corrected chi connectivity index (χ1v) is 10.6. The molecule has 2 fully saturated rings. The van der Waals surface area contributed by atoms with Crippen molar-refractivity contribution in [2.45, 2.75) is 63.6 Å². The van der Waals surface area contributed by atoms with Crippen LogP contribution in [0.1, 0.15) is 44.2 Å². The predicted octanol–water partition coefficient (Wildman–Crippen LogP) is 2.84. The van der Waals surface area contributed by atoms with Crippen LogP contribution in [0, 0.1) is 18.3 Å². The molecule has 3 aromatic heterocycles. The number of anilines is 3. The van der Waals surface area contributed by atoms with E-state index in [0.717, 1.165) is 30.5 Å². The normalized spacial score (nSPS) is 23.9. The lowest BCUT2D eigenvalue weighted by Gasteiger charge is -2.48. The van der Waals surface area contributed by atoms with E-state index < -0.39 is 0 Å². The average molecular weight is 406 g/mol. The van der Waals surface area contributed by atoms with Crippen LogP contribution < -0.4 is 10.6 Å². The van der Waals surface area contributed by atoms with Crippen molar-refractivity contribution in [2.24, 2.45) is 0 Å². The maximum Gasteiger partial charge on any atom is 0.226 e. The summed E-state index contributed by atoms with van der Waals surface area (Å²) in [7, 11) is 0. The lowest BCUT2D eigenvalue weighted by Crippen LogP contribution is -2.55. The summed E-state index contributed by atoms with van der Waals surface area (Å²) in [6.07, 6.45) is 8.10. The molecule has 2 bridgehead atoms. The Hall–Kier alpha value is -3.19. The number of nitrogens with zero attached hydrogens (tertiary/aromatic N) is 6. The van der Waals surface area contributed by atoms with Crippen molar-refractivity contribution in [3.05, 3.63) is 18.0 Å². The standard InChI is InChI=1S/C20H26N10/c1-12-8-17(28-27-12)24-18-16-11-22-29-19(16)26-20(25-18)23-13-9-14-4-2-5-15(10-13)30(14)7-3-6-21/h8,11,13-15H,2-5,7,9-10H2,1H3,(H4,22,23,24,25,26,27,28,29)/t13-,14-,15+. The molecule has 0 aromatic carbocycles. The van der Waals surface area contributed by atoms with Crippen LogP contribution in [0.25, 0.3) is 11.0 Å². The van der Waals surface area contributed by atoms with Crippen molar-refractivity contribution in [1.29, 1.82) is 5.26 Å². The molecule has 0 radical (unpaired) electrons. The molecule has 5 heterocycles. The monoisotopic (exact) mass is 406 g/mol. The number of aromatic nitrogens is 6. The summed E-state index contributed by atoms with van der Waals surface area (Å²) in [5.74, 6) is 1.98. The van der Waals surface area contributed by atoms with Gasteiger partial charge in [-0.05, 0) is 32.6 Å². The first kappa shape index (κ1) is 18.8. The lowest BCUT2D eigenvalue weighted by atomic mass is 9.81. The van der Waals surface area contributed by atoms with Crippen molar-refractivity contribution in [3.8, 4) is 6.07 Å². The molecule has 0 amide bonds. The van der Waals surface area contributed by atoms with Crippen molar-refractivity contribution >= 4 is 28.6 Å². The van der Waals surface area contributed by atoms with Gasteiger partial charge in [0.05, 0.1) is 17.7 Å². The molecule has 0 spiro atoms. The van der Waals surface area contributed by atoms with Crippen molar-refractivity contribution < 1.29 is 0 Å². The number of rotatable bonds is 6. The summed E-state index contributed by atoms with van der Waals surface area (Å²) in [6.45, 7) is 2.84. The average Bonchev–Trinajstić information content (AvgIpc) is 3.35. The molecule has 0 aliphatic carbocycles. The molecule has 156 valence electrons. The molecular weight excluding hydrogens is 380 g/mol. The minimum atomic E-state index is 0.319. The largest absolute Gasteiger partial charge is 0.351 e. The molecule has 3 atom stereocenters. The van der Waals surface area contributed by atoms with E-state index in [1.807, 2.05) is 13.0 Å². The zero-order valence-electron chi connectivity index (χ0n) is 17.0. The van der Waals surface area contributed by atoms with Gasteiger partial charge in [0.1, 0.15) is 5.82 Å². The van der Waals surface area contributed by atoms with Crippen molar-refractivity contribution in [3.63, 3.8) is 0 Å². The Labute approximate surface area is 174 Å². The summed E-state index contributed by atoms with van der Waals surface area (Å²) in [5, 5.41) is 30.9. The van der Waals surface area contributed by atoms with E-state index in [0.29, 0.717) is 47.8 Å². The Bertz CT molecular complexity index is 1050. The molecule has 10 nitrogen and oxygen atoms in total. The summed E-state index contributed by atoms with van der Waals surface area (Å²) in [6, 6.07) is 5.61. The zero-order chi connectivity index (χ0) is 20.5. The van der Waals surface area contributed by atoms with Crippen LogP contribution in [0.2, 0.25) is 0 Å². The number of piperidine rings is 2. The highest BCUT2D eigenvalue weighted by molar-refractivity contribution is 5.88. The predicted molar refractivity (Wildman–Crippen MR) is 113 cm³/mol. The highest BCUT2D eigenvalue weighted by Gasteiger charge is 2.38. The van der Waals surface area contributed by atoms with Crippen LogP contribution in [0.5, 0.6) is 0 Å². The van der Waals surface area contributed by atoms with Gasteiger partial charge in [0, 0.05) is 42.9 Å². The van der Waals surface area contributed by atoms with Gasteiger partial charge in [0.2, 0.25) is 5.95 Å². The van der Waals surface area contributed by atoms with E-state index >= 15 is 0 Å². The molecule has 3 aromatic rings. The molecule has 2 saturated heterocycles. The Balaban J connectivity index is 1.35. The highest BCUT2D eigenvalue weighted by Crippen LogP contribution is 2.35. The molecule has 4 N–H and O–H groups in total. The zero-order valence-corrected chi connectivity index (χ0v) is 17.0. The van der Waals surface area contributed by atoms with Crippen LogP contribution in [0.15, 0.2) is 12.3 Å². The Kier molecular flexibility index (Phi) is 4.96. The summed E-state index contributed by atoms with van der Waals surface area (Å²) < 4.78 is 0. The van der Waals surface area contributed by atoms with Crippen molar-refractivity contribution in [1.82, 2.24) is 35.3 Å². The highest BCUT2D eigenvalue weighted by atomic mass is 15.3. The van der Waals surface area contributed by atoms with E-state index in [1.54, 1.807) is 6.20 Å². The van der Waals surface area contributed by atoms with Crippen LogP contribution in [-0.2, 0) is 0 Å². The van der Waals surface area contributed by atoms with Crippen LogP contribution in [0.4, 0.5) is 17.6 Å². The van der Waals surface area contributed by atoms with Crippen LogP contribution in [0.3, 0.4) is 0 Å². The van der Waals surface area contributed by atoms with E-state index in [-0.39, 0.29) is 0 Å². The smallest absolute Gasteiger partial charge is 0.226 e. The molecule has 10 heteroatoms. The molecule has 30 heavy (non-hydrogen) atoms. The number of fused-ring (bicyclic) bond motifs is 3. The fourth-order valence-corrected chi connectivity index (χ4v) is 4.92. The van der Waals surface area contributed by atoms with E-state index in [1.165, 1.54) is 19.3 Å². The molecule has 2 aliphatic rings. The molecule has 5 rings (SSSR count). The van der Waals surface area contributed by atoms with E-state index in [9.17, 15) is 0 Å². The third-order valence-electron chi connectivity index (χ3n) is 6.20. The number of aromatic amines is 2. The Morgan fingerprint density at radius 2 is 2.07 bits per heavy atom. The summed E-state index contributed by atoms with van der Waals surface area (Å²) in [4.78, 5) is 11.9. The molecular formula is C20H26N10. The van der Waals surface area contributed by atoms with Gasteiger partial charge >= 0.3 is 0 Å². The first-order chi connectivity index (χ1) is 14.7. The molecule has 2 aliphatic heterocycles. The first-order valence-electron chi connectivity index (χ1n) is 10.6. The van der Waals surface area contributed by atoms with Gasteiger partial charge in [0.15, 0.2) is 11.5 Å². The lowest BCUT2D eigenvalue weighted by molar-refractivity contribution is 0.0369. The molecule has 0 saturated carbocycles. The third kappa shape index (κ3) is 3.68. The maximum absolute atomic E-state index is 8.98. The summed E-state index contributed by atoms with van der Waals surface area (Å²) >= 11 is 0. The minimum absolute atomic E-state index is 0.319. The Morgan fingerprint density at radius 1 is 1.23 bits per heavy atom. The van der Waals surface area contributed by atoms with Gasteiger partial charge < -0.3 is 10.6 Å². The fourth-order valence-electron chi connectivity index (χ4n) is 4.92. The topological polar surface area (TPSA) is 134 Å². The number of H-pyrrole nitrogens is 2. The van der Waals surface area contributed by atoms with Gasteiger partial charge in [-0.2, -0.15) is 25.4 Å². The second-order valence-electron chi connectivity index (χ2n) is 8.29. The number of hydrogen-bond donors (Lipinski definition) is 4.